The smallest absolute Gasteiger partial charge is 0.326 e. The zero-order chi connectivity index (χ0) is 79.3. The Morgan fingerprint density at radius 3 is 1.39 bits per heavy atom. The number of benzene rings is 2. The number of carbonyl (C=O) groups excluding carboxylic acids is 13. The van der Waals surface area contributed by atoms with E-state index >= 15 is 0 Å². The molecule has 0 aliphatic rings. The van der Waals surface area contributed by atoms with E-state index in [0.717, 1.165) is 10.9 Å². The number of rotatable bonds is 51. The molecule has 0 radical (unpaired) electrons. The number of hydrogen-bond donors (Lipinski definition) is 20. The van der Waals surface area contributed by atoms with E-state index in [1.165, 1.54) is 6.92 Å². The number of amides is 13. The Morgan fingerprint density at radius 2 is 0.868 bits per heavy atom. The van der Waals surface area contributed by atoms with Crippen molar-refractivity contribution in [3.8, 4) is 0 Å². The second-order valence-electron chi connectivity index (χ2n) is 26.5. The van der Waals surface area contributed by atoms with Crippen LogP contribution in [-0.4, -0.2) is 201 Å². The minimum Gasteiger partial charge on any atom is -0.481 e. The Morgan fingerprint density at radius 1 is 0.434 bits per heavy atom. The highest BCUT2D eigenvalue weighted by Gasteiger charge is 2.39. The van der Waals surface area contributed by atoms with Crippen LogP contribution in [0.2, 0.25) is 0 Å². The van der Waals surface area contributed by atoms with Gasteiger partial charge in [-0.2, -0.15) is 0 Å². The predicted molar refractivity (Wildman–Crippen MR) is 386 cm³/mol. The first-order chi connectivity index (χ1) is 50.1. The van der Waals surface area contributed by atoms with Gasteiger partial charge in [-0.1, -0.05) is 109 Å². The number of unbranched alkanes of at least 4 members (excludes halogenated alkanes) is 2. The van der Waals surface area contributed by atoms with Gasteiger partial charge in [0.2, 0.25) is 76.8 Å². The summed E-state index contributed by atoms with van der Waals surface area (Å²) in [5, 5.41) is 56.8. The monoisotopic (exact) mass is 1490 g/mol. The third kappa shape index (κ3) is 31.4. The molecule has 13 atom stereocenters. The highest BCUT2D eigenvalue weighted by atomic mass is 16.4. The number of carboxylic acids is 3. The van der Waals surface area contributed by atoms with Crippen LogP contribution >= 0.6 is 0 Å². The molecule has 36 nitrogen and oxygen atoms in total. The van der Waals surface area contributed by atoms with Gasteiger partial charge in [0.25, 0.3) is 0 Å². The summed E-state index contributed by atoms with van der Waals surface area (Å²) in [4.78, 5) is 218. The Balaban J connectivity index is 1.92. The number of H-pyrrole nitrogens is 1. The van der Waals surface area contributed by atoms with Crippen LogP contribution in [0.15, 0.2) is 60.8 Å². The van der Waals surface area contributed by atoms with Gasteiger partial charge in [0, 0.05) is 49.2 Å². The fourth-order valence-corrected chi connectivity index (χ4v) is 11.1. The molecule has 0 fully saturated rings. The number of carboxylic acid groups (broad SMARTS) is 3. The van der Waals surface area contributed by atoms with Crippen LogP contribution in [0.4, 0.5) is 0 Å². The molecule has 0 spiro atoms. The molecule has 0 unspecified atom stereocenters. The molecule has 3 aromatic rings. The minimum absolute atomic E-state index is 0.0371. The zero-order valence-electron chi connectivity index (χ0n) is 60.8. The molecule has 586 valence electrons. The second-order valence-corrected chi connectivity index (χ2v) is 26.5. The van der Waals surface area contributed by atoms with E-state index < -0.39 is 230 Å². The molecule has 0 aliphatic heterocycles. The number of primary amides is 2. The fourth-order valence-electron chi connectivity index (χ4n) is 11.1. The Kier molecular flexibility index (Phi) is 39.1. The summed E-state index contributed by atoms with van der Waals surface area (Å²) >= 11 is 0. The summed E-state index contributed by atoms with van der Waals surface area (Å²) in [6, 6.07) is -1.44. The Bertz CT molecular complexity index is 3500. The number of hydrogen-bond acceptors (Lipinski definition) is 19. The van der Waals surface area contributed by atoms with Crippen LogP contribution in [0, 0.1) is 17.8 Å². The molecule has 36 heteroatoms. The van der Waals surface area contributed by atoms with Crippen molar-refractivity contribution >= 4 is 106 Å². The standard InChI is InChI=1S/C70H107N17O19/c1-7-38(5)58(86-66(101)50(82-60(95)43(73)21-14-16-30-71)33-41-35-76-44-22-13-12-20-42(41)44)68(103)81-47(25-28-53(75)89)62(97)79-45(23-15-17-31-72)64(99)85-57(37(3)4)67(102)87-59(39(6)8-2)69(104)84-51(34-56(93)94)65(100)80-46(24-27-52(74)88)63(98)83-49(32-40-18-10-9-11-19-40)61(96)77-36-54(90)78-48(70(105)106)26-29-55(91)92/h9-13,18-20,22,35,37-39,43,45-51,57-59,76H,7-8,14-17,21,23-34,36,71-73H2,1-6H3,(H2,74,88)(H2,75,89)(H,77,96)(H,78,90)(H,79,97)(H,80,100)(H,81,103)(H,82,95)(H,83,98)(H,84,104)(H,85,99)(H,86,101)(H,87,102)(H,91,92)(H,93,94)(H,105,106)/t38-,39-,43-,45-,46-,47-,48-,49-,50-,51-,57-,58-,59-/m0/s1. The number of nitrogens with one attached hydrogen (secondary N) is 12. The van der Waals surface area contributed by atoms with Crippen LogP contribution in [0.1, 0.15) is 149 Å². The van der Waals surface area contributed by atoms with Crippen molar-refractivity contribution in [2.75, 3.05) is 19.6 Å². The highest BCUT2D eigenvalue weighted by Crippen LogP contribution is 2.21. The van der Waals surface area contributed by atoms with E-state index in [2.05, 4.69) is 63.5 Å². The first-order valence-corrected chi connectivity index (χ1v) is 35.4. The van der Waals surface area contributed by atoms with Gasteiger partial charge in [0.05, 0.1) is 19.0 Å². The van der Waals surface area contributed by atoms with Crippen molar-refractivity contribution in [2.45, 2.75) is 217 Å². The van der Waals surface area contributed by atoms with E-state index in [1.807, 2.05) is 18.2 Å². The molecule has 1 aromatic heterocycles. The topological polar surface area (TPSA) is 612 Å². The van der Waals surface area contributed by atoms with Crippen molar-refractivity contribution in [3.05, 3.63) is 71.9 Å². The summed E-state index contributed by atoms with van der Waals surface area (Å²) in [6.07, 6.45) is -0.423. The van der Waals surface area contributed by atoms with Gasteiger partial charge in [-0.3, -0.25) is 71.9 Å². The lowest BCUT2D eigenvalue weighted by Crippen LogP contribution is -2.62. The average molecular weight is 1490 g/mol. The van der Waals surface area contributed by atoms with Gasteiger partial charge in [-0.25, -0.2) is 4.79 Å². The molecule has 0 saturated carbocycles. The summed E-state index contributed by atoms with van der Waals surface area (Å²) in [5.74, 6) is -19.3. The number of nitrogens with two attached hydrogens (primary N) is 5. The lowest BCUT2D eigenvalue weighted by atomic mass is 9.95. The molecular formula is C70H107N17O19. The van der Waals surface area contributed by atoms with E-state index in [0.29, 0.717) is 43.4 Å². The molecule has 13 amide bonds. The number of aromatic amines is 1. The van der Waals surface area contributed by atoms with Gasteiger partial charge in [-0.05, 0) is 99.4 Å². The summed E-state index contributed by atoms with van der Waals surface area (Å²) in [5.41, 5.74) is 30.6. The van der Waals surface area contributed by atoms with Crippen molar-refractivity contribution in [2.24, 2.45) is 46.4 Å². The van der Waals surface area contributed by atoms with Gasteiger partial charge >= 0.3 is 17.9 Å². The lowest BCUT2D eigenvalue weighted by molar-refractivity contribution is -0.143. The molecule has 0 saturated heterocycles. The Hall–Kier alpha value is -10.6. The number of para-hydroxylation sites is 1. The maximum atomic E-state index is 14.6. The number of aromatic nitrogens is 1. The van der Waals surface area contributed by atoms with E-state index in [1.54, 1.807) is 77.2 Å². The normalized spacial score (nSPS) is 14.8. The van der Waals surface area contributed by atoms with Crippen molar-refractivity contribution < 1.29 is 92.0 Å². The molecule has 2 aromatic carbocycles. The van der Waals surface area contributed by atoms with Gasteiger partial charge in [-0.15, -0.1) is 0 Å². The lowest BCUT2D eigenvalue weighted by Gasteiger charge is -2.31. The van der Waals surface area contributed by atoms with E-state index in [4.69, 9.17) is 33.8 Å². The molecule has 1 heterocycles. The van der Waals surface area contributed by atoms with Gasteiger partial charge < -0.3 is 107 Å². The summed E-state index contributed by atoms with van der Waals surface area (Å²) in [7, 11) is 0. The van der Waals surface area contributed by atoms with Crippen LogP contribution in [-0.2, 0) is 89.6 Å². The fraction of sp³-hybridized carbons (Fsp3) is 0.571. The van der Waals surface area contributed by atoms with Crippen molar-refractivity contribution in [1.82, 2.24) is 63.5 Å². The number of carbonyl (C=O) groups is 16. The summed E-state index contributed by atoms with van der Waals surface area (Å²) < 4.78 is 0. The van der Waals surface area contributed by atoms with E-state index in [9.17, 15) is 86.9 Å². The SMILES string of the molecule is CC[C@H](C)[C@H](NC(=O)[C@H](Cc1c[nH]c2ccccc12)NC(=O)[C@@H](N)CCCCN)C(=O)N[C@@H](CCC(N)=O)C(=O)N[C@@H](CCCCN)C(=O)N[C@H](C(=O)N[C@H](C(=O)N[C@@H](CC(=O)O)C(=O)N[C@@H](CCC(N)=O)C(=O)N[C@@H](Cc1ccccc1)C(=O)NCC(=O)N[C@@H](CCC(=O)O)C(=O)O)[C@@H](C)CC)C(C)C. The number of aliphatic carboxylic acids is 3. The molecular weight excluding hydrogens is 1380 g/mol. The third-order valence-corrected chi connectivity index (χ3v) is 17.7. The second kappa shape index (κ2) is 46.3. The maximum absolute atomic E-state index is 14.6. The molecule has 3 rings (SSSR count). The van der Waals surface area contributed by atoms with Crippen LogP contribution < -0.4 is 87.2 Å². The molecule has 0 bridgehead atoms. The van der Waals surface area contributed by atoms with Gasteiger partial charge in [0.1, 0.15) is 60.4 Å². The predicted octanol–water partition coefficient (Wildman–Crippen LogP) is -2.79. The van der Waals surface area contributed by atoms with Crippen molar-refractivity contribution in [3.63, 3.8) is 0 Å². The van der Waals surface area contributed by atoms with Crippen LogP contribution in [0.25, 0.3) is 10.9 Å². The zero-order valence-corrected chi connectivity index (χ0v) is 60.8. The minimum atomic E-state index is -2.02. The van der Waals surface area contributed by atoms with Gasteiger partial charge in [0.15, 0.2) is 0 Å². The van der Waals surface area contributed by atoms with Crippen LogP contribution in [0.5, 0.6) is 0 Å². The van der Waals surface area contributed by atoms with Crippen molar-refractivity contribution in [1.29, 1.82) is 0 Å². The summed E-state index contributed by atoms with van der Waals surface area (Å²) in [6.45, 7) is 9.38. The molecule has 0 aliphatic carbocycles. The average Bonchev–Trinajstić information content (AvgIpc) is 1.62. The number of fused-ring (bicyclic) bond motifs is 1. The third-order valence-electron chi connectivity index (χ3n) is 17.7. The highest BCUT2D eigenvalue weighted by molar-refractivity contribution is 6.00. The molecule has 25 N–H and O–H groups in total. The Labute approximate surface area is 614 Å². The molecule has 106 heavy (non-hydrogen) atoms. The van der Waals surface area contributed by atoms with Crippen LogP contribution in [0.3, 0.4) is 0 Å². The first-order valence-electron chi connectivity index (χ1n) is 35.4. The van der Waals surface area contributed by atoms with E-state index in [-0.39, 0.29) is 45.1 Å². The first kappa shape index (κ1) is 89.6. The quantitative estimate of drug-likeness (QED) is 0.0254. The maximum Gasteiger partial charge on any atom is 0.326 e. The largest absolute Gasteiger partial charge is 0.481 e.